The van der Waals surface area contributed by atoms with E-state index in [0.717, 1.165) is 16.9 Å². The fourth-order valence-corrected chi connectivity index (χ4v) is 4.50. The number of methoxy groups -OCH3 is 1. The van der Waals surface area contributed by atoms with Crippen molar-refractivity contribution in [3.63, 3.8) is 0 Å². The Labute approximate surface area is 185 Å². The first-order valence-electron chi connectivity index (χ1n) is 10.1. The summed E-state index contributed by atoms with van der Waals surface area (Å²) in [6.45, 7) is 3.46. The monoisotopic (exact) mass is 439 g/mol. The van der Waals surface area contributed by atoms with Gasteiger partial charge >= 0.3 is 0 Å². The maximum absolute atomic E-state index is 13.0. The number of thioether (sulfide) groups is 1. The molecule has 0 saturated heterocycles. The van der Waals surface area contributed by atoms with Gasteiger partial charge in [0.25, 0.3) is 0 Å². The number of fused-ring (bicyclic) bond motifs is 1. The molecule has 31 heavy (non-hydrogen) atoms. The highest BCUT2D eigenvalue weighted by atomic mass is 32.2. The third-order valence-electron chi connectivity index (χ3n) is 4.88. The largest absolute Gasteiger partial charge is 0.494 e. The van der Waals surface area contributed by atoms with Gasteiger partial charge in [0.05, 0.1) is 19.3 Å². The summed E-state index contributed by atoms with van der Waals surface area (Å²) in [4.78, 5) is 13.0. The van der Waals surface area contributed by atoms with Crippen LogP contribution in [0.15, 0.2) is 59.8 Å². The highest BCUT2D eigenvalue weighted by Crippen LogP contribution is 2.38. The van der Waals surface area contributed by atoms with Gasteiger partial charge in [-0.15, -0.1) is 10.2 Å². The smallest absolute Gasteiger partial charge is 0.236 e. The first kappa shape index (κ1) is 21.2. The number of rotatable bonds is 8. The number of hydrogen-bond acceptors (Lipinski definition) is 7. The molecule has 1 aliphatic heterocycles. The van der Waals surface area contributed by atoms with Crippen LogP contribution in [0.2, 0.25) is 0 Å². The molecule has 1 aliphatic rings. The van der Waals surface area contributed by atoms with Gasteiger partial charge in [0.15, 0.2) is 5.82 Å². The number of carbonyl (C=O) groups is 1. The van der Waals surface area contributed by atoms with Crippen LogP contribution in [0, 0.1) is 0 Å². The zero-order valence-electron chi connectivity index (χ0n) is 17.4. The van der Waals surface area contributed by atoms with Crippen molar-refractivity contribution in [1.29, 1.82) is 0 Å². The summed E-state index contributed by atoms with van der Waals surface area (Å²) in [6, 6.07) is 17.4. The minimum Gasteiger partial charge on any atom is -0.494 e. The topological polar surface area (TPSA) is 90.3 Å². The Morgan fingerprint density at radius 3 is 2.65 bits per heavy atom. The van der Waals surface area contributed by atoms with E-state index in [1.807, 2.05) is 66.2 Å². The van der Waals surface area contributed by atoms with Crippen molar-refractivity contribution < 1.29 is 14.3 Å². The average Bonchev–Trinajstić information content (AvgIpc) is 3.23. The van der Waals surface area contributed by atoms with Gasteiger partial charge < -0.3 is 20.2 Å². The molecule has 0 spiro atoms. The van der Waals surface area contributed by atoms with Crippen molar-refractivity contribution >= 4 is 17.7 Å². The van der Waals surface area contributed by atoms with E-state index >= 15 is 0 Å². The Balaban J connectivity index is 1.66. The van der Waals surface area contributed by atoms with Crippen LogP contribution in [0.5, 0.6) is 5.75 Å². The predicted molar refractivity (Wildman–Crippen MR) is 120 cm³/mol. The average molecular weight is 440 g/mol. The van der Waals surface area contributed by atoms with Gasteiger partial charge in [-0.05, 0) is 24.6 Å². The molecular formula is C22H25N5O3S. The summed E-state index contributed by atoms with van der Waals surface area (Å²) < 4.78 is 12.5. The van der Waals surface area contributed by atoms with E-state index < -0.39 is 5.25 Å². The predicted octanol–water partition coefficient (Wildman–Crippen LogP) is 2.87. The third-order valence-corrected chi connectivity index (χ3v) is 6.10. The van der Waals surface area contributed by atoms with Crippen LogP contribution in [0.1, 0.15) is 18.5 Å². The first-order valence-corrected chi connectivity index (χ1v) is 11.0. The Kier molecular flexibility index (Phi) is 6.73. The maximum Gasteiger partial charge on any atom is 0.236 e. The lowest BCUT2D eigenvalue weighted by Crippen LogP contribution is -2.44. The molecule has 0 fully saturated rings. The number of amides is 1. The number of nitrogens with one attached hydrogen (secondary N) is 2. The van der Waals surface area contributed by atoms with Gasteiger partial charge in [-0.2, -0.15) is 0 Å². The lowest BCUT2D eigenvalue weighted by molar-refractivity contribution is -0.121. The minimum atomic E-state index is -0.421. The summed E-state index contributed by atoms with van der Waals surface area (Å²) in [5.41, 5.74) is 5.39. The van der Waals surface area contributed by atoms with E-state index in [-0.39, 0.29) is 11.9 Å². The number of ether oxygens (including phenoxy) is 2. The molecule has 8 nitrogen and oxygen atoms in total. The molecule has 0 saturated carbocycles. The van der Waals surface area contributed by atoms with Gasteiger partial charge in [0, 0.05) is 19.2 Å². The minimum absolute atomic E-state index is 0.0797. The van der Waals surface area contributed by atoms with Gasteiger partial charge in [0.1, 0.15) is 11.0 Å². The molecular weight excluding hydrogens is 414 g/mol. The van der Waals surface area contributed by atoms with Crippen molar-refractivity contribution in [3.05, 3.63) is 60.2 Å². The van der Waals surface area contributed by atoms with Crippen molar-refractivity contribution in [3.8, 4) is 17.1 Å². The molecule has 2 heterocycles. The fraction of sp³-hybridized carbons (Fsp3) is 0.318. The lowest BCUT2D eigenvalue weighted by atomic mass is 10.0. The van der Waals surface area contributed by atoms with E-state index in [4.69, 9.17) is 9.47 Å². The summed E-state index contributed by atoms with van der Waals surface area (Å²) in [5, 5.41) is 11.9. The Hall–Kier alpha value is -3.04. The zero-order chi connectivity index (χ0) is 21.6. The first-order chi connectivity index (χ1) is 15.2. The van der Waals surface area contributed by atoms with E-state index in [1.165, 1.54) is 11.8 Å². The van der Waals surface area contributed by atoms with Crippen LogP contribution in [-0.4, -0.2) is 52.9 Å². The van der Waals surface area contributed by atoms with E-state index in [0.29, 0.717) is 30.7 Å². The van der Waals surface area contributed by atoms with Crippen molar-refractivity contribution in [2.75, 3.05) is 32.3 Å². The summed E-state index contributed by atoms with van der Waals surface area (Å²) in [5.74, 6) is 1.42. The van der Waals surface area contributed by atoms with Crippen LogP contribution < -0.4 is 15.5 Å². The van der Waals surface area contributed by atoms with Crippen LogP contribution >= 0.6 is 11.8 Å². The second-order valence-electron chi connectivity index (χ2n) is 6.94. The normalized spacial score (nSPS) is 17.5. The van der Waals surface area contributed by atoms with E-state index in [9.17, 15) is 4.79 Å². The second kappa shape index (κ2) is 9.84. The molecule has 0 unspecified atom stereocenters. The van der Waals surface area contributed by atoms with Crippen LogP contribution in [-0.2, 0) is 9.53 Å². The Morgan fingerprint density at radius 1 is 1.16 bits per heavy atom. The molecule has 1 amide bonds. The van der Waals surface area contributed by atoms with Gasteiger partial charge in [-0.1, -0.05) is 54.2 Å². The van der Waals surface area contributed by atoms with Gasteiger partial charge in [-0.25, -0.2) is 4.68 Å². The van der Waals surface area contributed by atoms with Crippen LogP contribution in [0.25, 0.3) is 11.4 Å². The number of carbonyl (C=O) groups excluding carboxylic acids is 1. The number of aromatic nitrogens is 3. The molecule has 2 atom stereocenters. The molecule has 2 aromatic carbocycles. The molecule has 3 aromatic rings. The molecule has 162 valence electrons. The number of benzene rings is 2. The maximum atomic E-state index is 13.0. The SMILES string of the molecule is CCOc1ccc([C@@H]2Nn3c(nnc3-c3ccccc3)S[C@@H]2C(=O)NCCOC)cc1. The lowest BCUT2D eigenvalue weighted by Gasteiger charge is -2.33. The van der Waals surface area contributed by atoms with Crippen molar-refractivity contribution in [2.45, 2.75) is 23.4 Å². The Bertz CT molecular complexity index is 1010. The zero-order valence-corrected chi connectivity index (χ0v) is 18.3. The molecule has 2 N–H and O–H groups in total. The summed E-state index contributed by atoms with van der Waals surface area (Å²) in [7, 11) is 1.61. The number of hydrogen-bond donors (Lipinski definition) is 2. The van der Waals surface area contributed by atoms with Crippen LogP contribution in [0.3, 0.4) is 0 Å². The molecule has 0 aliphatic carbocycles. The number of nitrogens with zero attached hydrogens (tertiary/aromatic N) is 3. The highest BCUT2D eigenvalue weighted by molar-refractivity contribution is 8.00. The molecule has 1 aromatic heterocycles. The quantitative estimate of drug-likeness (QED) is 0.522. The van der Waals surface area contributed by atoms with Crippen molar-refractivity contribution in [1.82, 2.24) is 20.2 Å². The molecule has 4 rings (SSSR count). The molecule has 0 radical (unpaired) electrons. The third kappa shape index (κ3) is 4.67. The standard InChI is InChI=1S/C22H25N5O3S/c1-3-30-17-11-9-15(10-12-17)18-19(21(28)23-13-14-29-2)31-22-25-24-20(27(22)26-18)16-7-5-4-6-8-16/h4-12,18-19,26H,3,13-14H2,1-2H3,(H,23,28)/t18-,19-/m0/s1. The fourth-order valence-electron chi connectivity index (χ4n) is 3.39. The molecule has 9 heteroatoms. The van der Waals surface area contributed by atoms with Gasteiger partial charge in [0.2, 0.25) is 11.1 Å². The van der Waals surface area contributed by atoms with Gasteiger partial charge in [-0.3, -0.25) is 4.79 Å². The molecule has 0 bridgehead atoms. The van der Waals surface area contributed by atoms with E-state index in [2.05, 4.69) is 20.9 Å². The Morgan fingerprint density at radius 2 is 1.94 bits per heavy atom. The van der Waals surface area contributed by atoms with E-state index in [1.54, 1.807) is 7.11 Å². The summed E-state index contributed by atoms with van der Waals surface area (Å²) >= 11 is 1.40. The summed E-state index contributed by atoms with van der Waals surface area (Å²) in [6.07, 6.45) is 0. The second-order valence-corrected chi connectivity index (χ2v) is 8.05. The highest BCUT2D eigenvalue weighted by Gasteiger charge is 2.37. The van der Waals surface area contributed by atoms with Crippen molar-refractivity contribution in [2.24, 2.45) is 0 Å². The van der Waals surface area contributed by atoms with Crippen LogP contribution in [0.4, 0.5) is 0 Å².